The van der Waals surface area contributed by atoms with E-state index >= 15 is 0 Å². The van der Waals surface area contributed by atoms with E-state index in [1.165, 1.54) is 0 Å². The van der Waals surface area contributed by atoms with Crippen molar-refractivity contribution in [1.82, 2.24) is 5.32 Å². The quantitative estimate of drug-likeness (QED) is 0.780. The molecule has 1 aromatic carbocycles. The van der Waals surface area contributed by atoms with Gasteiger partial charge in [-0.3, -0.25) is 9.59 Å². The van der Waals surface area contributed by atoms with Crippen molar-refractivity contribution in [2.75, 3.05) is 0 Å². The first-order valence-electron chi connectivity index (χ1n) is 5.77. The van der Waals surface area contributed by atoms with Gasteiger partial charge >= 0.3 is 0 Å². The molecule has 0 aromatic heterocycles. The summed E-state index contributed by atoms with van der Waals surface area (Å²) in [5, 5.41) is 11.0. The molecule has 0 saturated heterocycles. The summed E-state index contributed by atoms with van der Waals surface area (Å²) in [6, 6.07) is 8.07. The number of nitriles is 1. The highest BCUT2D eigenvalue weighted by molar-refractivity contribution is 9.10. The molecule has 0 spiro atoms. The van der Waals surface area contributed by atoms with Crippen LogP contribution in [0.25, 0.3) is 0 Å². The van der Waals surface area contributed by atoms with Crippen LogP contribution >= 0.6 is 15.9 Å². The molecule has 0 fully saturated rings. The zero-order chi connectivity index (χ0) is 14.3. The summed E-state index contributed by atoms with van der Waals surface area (Å²) in [4.78, 5) is 23.2. The van der Waals surface area contributed by atoms with E-state index in [9.17, 15) is 9.59 Å². The van der Waals surface area contributed by atoms with Crippen LogP contribution in [-0.4, -0.2) is 17.9 Å². The van der Waals surface area contributed by atoms with Gasteiger partial charge in [0.25, 0.3) is 5.91 Å². The minimum atomic E-state index is -0.750. The van der Waals surface area contributed by atoms with Crippen molar-refractivity contribution in [1.29, 1.82) is 5.26 Å². The second-order valence-corrected chi connectivity index (χ2v) is 4.90. The maximum Gasteiger partial charge on any atom is 0.251 e. The van der Waals surface area contributed by atoms with Gasteiger partial charge in [0.15, 0.2) is 0 Å². The molecule has 0 radical (unpaired) electrons. The Kier molecular flexibility index (Phi) is 6.03. The largest absolute Gasteiger partial charge is 0.368 e. The van der Waals surface area contributed by atoms with Crippen LogP contribution in [0.3, 0.4) is 0 Å². The minimum Gasteiger partial charge on any atom is -0.368 e. The van der Waals surface area contributed by atoms with E-state index in [4.69, 9.17) is 11.0 Å². The molecule has 2 amide bonds. The van der Waals surface area contributed by atoms with Gasteiger partial charge in [-0.2, -0.15) is 5.26 Å². The molecule has 3 N–H and O–H groups in total. The molecule has 6 heteroatoms. The third-order valence-corrected chi connectivity index (χ3v) is 3.01. The van der Waals surface area contributed by atoms with Gasteiger partial charge in [-0.1, -0.05) is 22.0 Å². The average Bonchev–Trinajstić information content (AvgIpc) is 2.37. The van der Waals surface area contributed by atoms with Gasteiger partial charge in [0.05, 0.1) is 6.07 Å². The molecule has 0 bridgehead atoms. The Labute approximate surface area is 119 Å². The molecule has 0 aliphatic carbocycles. The molecule has 0 aliphatic heterocycles. The summed E-state index contributed by atoms with van der Waals surface area (Å²) in [5.41, 5.74) is 5.67. The lowest BCUT2D eigenvalue weighted by Gasteiger charge is -2.14. The monoisotopic (exact) mass is 323 g/mol. The van der Waals surface area contributed by atoms with Crippen LogP contribution in [0.4, 0.5) is 0 Å². The van der Waals surface area contributed by atoms with Crippen molar-refractivity contribution >= 4 is 27.7 Å². The predicted molar refractivity (Wildman–Crippen MR) is 74.1 cm³/mol. The first-order valence-corrected chi connectivity index (χ1v) is 6.56. The summed E-state index contributed by atoms with van der Waals surface area (Å²) in [6.07, 6.45) is 1.21. The van der Waals surface area contributed by atoms with Gasteiger partial charge in [0.1, 0.15) is 6.04 Å². The lowest BCUT2D eigenvalue weighted by Crippen LogP contribution is -2.44. The Balaban J connectivity index is 2.66. The van der Waals surface area contributed by atoms with E-state index in [2.05, 4.69) is 21.2 Å². The van der Waals surface area contributed by atoms with Crippen LogP contribution < -0.4 is 11.1 Å². The predicted octanol–water partition coefficient (Wildman–Crippen LogP) is 1.73. The Hall–Kier alpha value is -1.87. The van der Waals surface area contributed by atoms with E-state index in [1.807, 2.05) is 6.07 Å². The molecule has 0 unspecified atom stereocenters. The van der Waals surface area contributed by atoms with Crippen LogP contribution in [0.15, 0.2) is 28.7 Å². The minimum absolute atomic E-state index is 0.330. The summed E-state index contributed by atoms with van der Waals surface area (Å²) in [5.74, 6) is -0.955. The van der Waals surface area contributed by atoms with E-state index in [0.717, 1.165) is 4.47 Å². The summed E-state index contributed by atoms with van der Waals surface area (Å²) < 4.78 is 0.778. The number of unbranched alkanes of at least 4 members (excludes halogenated alkanes) is 1. The van der Waals surface area contributed by atoms with E-state index in [-0.39, 0.29) is 5.91 Å². The molecule has 100 valence electrons. The Morgan fingerprint density at radius 2 is 2.21 bits per heavy atom. The van der Waals surface area contributed by atoms with Gasteiger partial charge in [-0.05, 0) is 31.0 Å². The number of benzene rings is 1. The number of carbonyl (C=O) groups excluding carboxylic acids is 2. The van der Waals surface area contributed by atoms with Crippen molar-refractivity contribution in [2.24, 2.45) is 5.73 Å². The highest BCUT2D eigenvalue weighted by Gasteiger charge is 2.18. The third-order valence-electron chi connectivity index (χ3n) is 2.52. The van der Waals surface area contributed by atoms with Crippen LogP contribution in [-0.2, 0) is 4.79 Å². The number of amides is 2. The zero-order valence-electron chi connectivity index (χ0n) is 10.2. The number of hydrogen-bond acceptors (Lipinski definition) is 3. The molecule has 1 atom stereocenters. The standard InChI is InChI=1S/C13H14BrN3O2/c14-10-5-3-4-9(8-10)13(19)17-11(12(16)18)6-1-2-7-15/h3-5,8,11H,1-2,6H2,(H2,16,18)(H,17,19)/t11-/m1/s1. The first-order chi connectivity index (χ1) is 9.04. The average molecular weight is 324 g/mol. The lowest BCUT2D eigenvalue weighted by atomic mass is 10.1. The fourth-order valence-electron chi connectivity index (χ4n) is 1.54. The number of primary amides is 1. The highest BCUT2D eigenvalue weighted by Crippen LogP contribution is 2.12. The topological polar surface area (TPSA) is 96.0 Å². The third kappa shape index (κ3) is 5.10. The molecule has 1 aromatic rings. The molecular formula is C13H14BrN3O2. The summed E-state index contributed by atoms with van der Waals surface area (Å²) in [6.45, 7) is 0. The number of carbonyl (C=O) groups is 2. The van der Waals surface area contributed by atoms with Gasteiger partial charge in [0, 0.05) is 16.5 Å². The molecule has 19 heavy (non-hydrogen) atoms. The van der Waals surface area contributed by atoms with E-state index in [1.54, 1.807) is 24.3 Å². The molecule has 0 heterocycles. The normalized spacial score (nSPS) is 11.4. The van der Waals surface area contributed by atoms with Crippen molar-refractivity contribution in [3.63, 3.8) is 0 Å². The Morgan fingerprint density at radius 3 is 2.79 bits per heavy atom. The SMILES string of the molecule is N#CCCC[C@@H](NC(=O)c1cccc(Br)c1)C(N)=O. The number of hydrogen-bond donors (Lipinski definition) is 2. The summed E-state index contributed by atoms with van der Waals surface area (Å²) in [7, 11) is 0. The Morgan fingerprint density at radius 1 is 1.47 bits per heavy atom. The fraction of sp³-hybridized carbons (Fsp3) is 0.308. The smallest absolute Gasteiger partial charge is 0.251 e. The second kappa shape index (κ2) is 7.54. The van der Waals surface area contributed by atoms with Gasteiger partial charge in [-0.15, -0.1) is 0 Å². The van der Waals surface area contributed by atoms with Gasteiger partial charge < -0.3 is 11.1 Å². The maximum absolute atomic E-state index is 11.9. The first kappa shape index (κ1) is 15.2. The summed E-state index contributed by atoms with van der Waals surface area (Å²) >= 11 is 3.27. The van der Waals surface area contributed by atoms with Crippen molar-refractivity contribution in [3.05, 3.63) is 34.3 Å². The van der Waals surface area contributed by atoms with Crippen LogP contribution in [0, 0.1) is 11.3 Å². The van der Waals surface area contributed by atoms with Crippen LogP contribution in [0.5, 0.6) is 0 Å². The van der Waals surface area contributed by atoms with Gasteiger partial charge in [0.2, 0.25) is 5.91 Å². The van der Waals surface area contributed by atoms with Crippen LogP contribution in [0.2, 0.25) is 0 Å². The zero-order valence-corrected chi connectivity index (χ0v) is 11.8. The van der Waals surface area contributed by atoms with Crippen molar-refractivity contribution in [2.45, 2.75) is 25.3 Å². The van der Waals surface area contributed by atoms with Crippen LogP contribution in [0.1, 0.15) is 29.6 Å². The van der Waals surface area contributed by atoms with E-state index < -0.39 is 11.9 Å². The molecule has 1 rings (SSSR count). The maximum atomic E-state index is 11.9. The molecular weight excluding hydrogens is 310 g/mol. The van der Waals surface area contributed by atoms with Crippen molar-refractivity contribution in [3.8, 4) is 6.07 Å². The number of nitrogens with two attached hydrogens (primary N) is 1. The Bertz CT molecular complexity index is 511. The number of nitrogens with zero attached hydrogens (tertiary/aromatic N) is 1. The van der Waals surface area contributed by atoms with Crippen molar-refractivity contribution < 1.29 is 9.59 Å². The second-order valence-electron chi connectivity index (χ2n) is 3.99. The lowest BCUT2D eigenvalue weighted by molar-refractivity contribution is -0.120. The van der Waals surface area contributed by atoms with Gasteiger partial charge in [-0.25, -0.2) is 0 Å². The number of rotatable bonds is 6. The molecule has 0 aliphatic rings. The molecule has 0 saturated carbocycles. The fourth-order valence-corrected chi connectivity index (χ4v) is 1.94. The van der Waals surface area contributed by atoms with E-state index in [0.29, 0.717) is 24.8 Å². The molecule has 5 nitrogen and oxygen atoms in total. The number of halogens is 1. The number of nitrogens with one attached hydrogen (secondary N) is 1. The highest BCUT2D eigenvalue weighted by atomic mass is 79.9.